The minimum Gasteiger partial charge on any atom is -0.201 e. The molecular formula is C23H23N2+. The molecule has 2 aromatic carbocycles. The lowest BCUT2D eigenvalue weighted by molar-refractivity contribution is -0.660. The van der Waals surface area contributed by atoms with Crippen LogP contribution >= 0.6 is 0 Å². The predicted octanol–water partition coefficient (Wildman–Crippen LogP) is 4.95. The zero-order chi connectivity index (χ0) is 18.1. The normalized spacial score (nSPS) is 10.6. The number of pyridine rings is 1. The number of nitriles is 1. The van der Waals surface area contributed by atoms with Crippen molar-refractivity contribution in [2.24, 2.45) is 7.05 Å². The Hall–Kier alpha value is -2.92. The first-order valence-corrected chi connectivity index (χ1v) is 8.51. The standard InChI is InChI=1S/C23H23N2/c1-15-9-11-21(20-12-10-19(14-24)16(2)17(20)3)18(4)23(15)22-8-6-7-13-25(22)5/h6-13H,1-5H3/q+1. The third kappa shape index (κ3) is 2.83. The Morgan fingerprint density at radius 3 is 2.16 bits per heavy atom. The summed E-state index contributed by atoms with van der Waals surface area (Å²) in [6, 6.07) is 17.0. The highest BCUT2D eigenvalue weighted by Crippen LogP contribution is 2.35. The van der Waals surface area contributed by atoms with Crippen LogP contribution in [-0.4, -0.2) is 0 Å². The highest BCUT2D eigenvalue weighted by atomic mass is 14.9. The molecule has 0 amide bonds. The Balaban J connectivity index is 2.28. The van der Waals surface area contributed by atoms with Crippen LogP contribution in [-0.2, 0) is 7.05 Å². The summed E-state index contributed by atoms with van der Waals surface area (Å²) in [6.45, 7) is 8.49. The summed E-state index contributed by atoms with van der Waals surface area (Å²) in [5, 5.41) is 9.27. The first kappa shape index (κ1) is 16.9. The van der Waals surface area contributed by atoms with E-state index < -0.39 is 0 Å². The van der Waals surface area contributed by atoms with Gasteiger partial charge in [0.15, 0.2) is 6.20 Å². The molecule has 0 unspecified atom stereocenters. The molecule has 2 nitrogen and oxygen atoms in total. The smallest absolute Gasteiger partial charge is 0.201 e. The second-order valence-corrected chi connectivity index (χ2v) is 6.65. The van der Waals surface area contributed by atoms with Crippen molar-refractivity contribution in [1.29, 1.82) is 5.26 Å². The molecule has 0 atom stereocenters. The molecule has 3 rings (SSSR count). The van der Waals surface area contributed by atoms with Crippen LogP contribution in [0.25, 0.3) is 22.4 Å². The van der Waals surface area contributed by atoms with E-state index in [1.54, 1.807) is 0 Å². The Morgan fingerprint density at radius 1 is 0.800 bits per heavy atom. The third-order valence-electron chi connectivity index (χ3n) is 5.18. The van der Waals surface area contributed by atoms with E-state index in [4.69, 9.17) is 0 Å². The van der Waals surface area contributed by atoms with Gasteiger partial charge in [-0.15, -0.1) is 0 Å². The van der Waals surface area contributed by atoms with Gasteiger partial charge in [0, 0.05) is 12.1 Å². The maximum Gasteiger partial charge on any atom is 0.212 e. The molecule has 0 aliphatic heterocycles. The first-order chi connectivity index (χ1) is 12.0. The number of benzene rings is 2. The molecule has 0 radical (unpaired) electrons. The Kier molecular flexibility index (Phi) is 4.42. The molecule has 124 valence electrons. The van der Waals surface area contributed by atoms with Crippen LogP contribution in [0.1, 0.15) is 27.8 Å². The van der Waals surface area contributed by atoms with Crippen LogP contribution in [0.3, 0.4) is 0 Å². The number of hydrogen-bond acceptors (Lipinski definition) is 1. The van der Waals surface area contributed by atoms with Crippen LogP contribution < -0.4 is 4.57 Å². The first-order valence-electron chi connectivity index (χ1n) is 8.51. The molecule has 1 heterocycles. The highest BCUT2D eigenvalue weighted by Gasteiger charge is 2.18. The van der Waals surface area contributed by atoms with Gasteiger partial charge < -0.3 is 0 Å². The minimum absolute atomic E-state index is 0.751. The van der Waals surface area contributed by atoms with Crippen LogP contribution in [0.5, 0.6) is 0 Å². The lowest BCUT2D eigenvalue weighted by atomic mass is 9.87. The monoisotopic (exact) mass is 327 g/mol. The van der Waals surface area contributed by atoms with Crippen LogP contribution in [0.4, 0.5) is 0 Å². The summed E-state index contributed by atoms with van der Waals surface area (Å²) in [4.78, 5) is 0. The lowest BCUT2D eigenvalue weighted by Gasteiger charge is -2.16. The second kappa shape index (κ2) is 6.53. The van der Waals surface area contributed by atoms with E-state index in [1.807, 2.05) is 19.1 Å². The molecule has 3 aromatic rings. The van der Waals surface area contributed by atoms with E-state index in [0.717, 1.165) is 11.1 Å². The van der Waals surface area contributed by atoms with Gasteiger partial charge in [-0.3, -0.25) is 0 Å². The number of rotatable bonds is 2. The van der Waals surface area contributed by atoms with Crippen molar-refractivity contribution < 1.29 is 4.57 Å². The summed E-state index contributed by atoms with van der Waals surface area (Å²) < 4.78 is 2.16. The van der Waals surface area contributed by atoms with E-state index >= 15 is 0 Å². The zero-order valence-corrected chi connectivity index (χ0v) is 15.5. The predicted molar refractivity (Wildman–Crippen MR) is 102 cm³/mol. The summed E-state index contributed by atoms with van der Waals surface area (Å²) in [7, 11) is 2.08. The number of hydrogen-bond donors (Lipinski definition) is 0. The highest BCUT2D eigenvalue weighted by molar-refractivity contribution is 5.80. The molecule has 0 aliphatic carbocycles. The fourth-order valence-electron chi connectivity index (χ4n) is 3.55. The molecular weight excluding hydrogens is 304 g/mol. The fraction of sp³-hybridized carbons (Fsp3) is 0.217. The van der Waals surface area contributed by atoms with Crippen LogP contribution in [0, 0.1) is 39.0 Å². The van der Waals surface area contributed by atoms with Crippen molar-refractivity contribution in [3.63, 3.8) is 0 Å². The van der Waals surface area contributed by atoms with Crippen LogP contribution in [0.2, 0.25) is 0 Å². The summed E-state index contributed by atoms with van der Waals surface area (Å²) in [5.41, 5.74) is 10.5. The van der Waals surface area contributed by atoms with Crippen molar-refractivity contribution in [1.82, 2.24) is 0 Å². The molecule has 0 bridgehead atoms. The zero-order valence-electron chi connectivity index (χ0n) is 15.5. The molecule has 1 aromatic heterocycles. The average Bonchev–Trinajstić information content (AvgIpc) is 2.60. The Morgan fingerprint density at radius 2 is 1.48 bits per heavy atom. The van der Waals surface area contributed by atoms with Crippen molar-refractivity contribution in [2.75, 3.05) is 0 Å². The molecule has 0 saturated heterocycles. The number of nitrogens with zero attached hydrogens (tertiary/aromatic N) is 2. The lowest BCUT2D eigenvalue weighted by Crippen LogP contribution is -2.30. The molecule has 0 spiro atoms. The SMILES string of the molecule is Cc1ccc(-c2ccc(C#N)c(C)c2C)c(C)c1-c1cccc[n+]1C. The van der Waals surface area contributed by atoms with E-state index in [0.29, 0.717) is 0 Å². The van der Waals surface area contributed by atoms with Gasteiger partial charge in [-0.2, -0.15) is 5.26 Å². The van der Waals surface area contributed by atoms with Gasteiger partial charge in [-0.25, -0.2) is 4.57 Å². The maximum absolute atomic E-state index is 9.27. The summed E-state index contributed by atoms with van der Waals surface area (Å²) in [6.07, 6.45) is 2.08. The average molecular weight is 327 g/mol. The van der Waals surface area contributed by atoms with E-state index in [-0.39, 0.29) is 0 Å². The molecule has 2 heteroatoms. The number of aromatic nitrogens is 1. The van der Waals surface area contributed by atoms with Gasteiger partial charge in [0.1, 0.15) is 7.05 Å². The van der Waals surface area contributed by atoms with E-state index in [1.165, 1.54) is 39.1 Å². The van der Waals surface area contributed by atoms with Gasteiger partial charge in [-0.05, 0) is 73.2 Å². The largest absolute Gasteiger partial charge is 0.212 e. The molecule has 0 N–H and O–H groups in total. The quantitative estimate of drug-likeness (QED) is 0.612. The van der Waals surface area contributed by atoms with Gasteiger partial charge in [0.2, 0.25) is 5.69 Å². The minimum atomic E-state index is 0.751. The Bertz CT molecular complexity index is 1010. The molecule has 0 aliphatic rings. The van der Waals surface area contributed by atoms with Crippen molar-refractivity contribution in [3.05, 3.63) is 76.5 Å². The maximum atomic E-state index is 9.27. The van der Waals surface area contributed by atoms with Gasteiger partial charge in [0.25, 0.3) is 0 Å². The molecule has 0 fully saturated rings. The summed E-state index contributed by atoms with van der Waals surface area (Å²) >= 11 is 0. The van der Waals surface area contributed by atoms with E-state index in [2.05, 4.69) is 75.0 Å². The Labute approximate surface area is 150 Å². The topological polar surface area (TPSA) is 27.7 Å². The van der Waals surface area contributed by atoms with Crippen molar-refractivity contribution in [2.45, 2.75) is 27.7 Å². The van der Waals surface area contributed by atoms with E-state index in [9.17, 15) is 5.26 Å². The molecule has 25 heavy (non-hydrogen) atoms. The second-order valence-electron chi connectivity index (χ2n) is 6.65. The van der Waals surface area contributed by atoms with Gasteiger partial charge >= 0.3 is 0 Å². The van der Waals surface area contributed by atoms with Gasteiger partial charge in [-0.1, -0.05) is 18.2 Å². The van der Waals surface area contributed by atoms with Crippen molar-refractivity contribution >= 4 is 0 Å². The summed E-state index contributed by atoms with van der Waals surface area (Å²) in [5.74, 6) is 0. The van der Waals surface area contributed by atoms with Gasteiger partial charge in [0.05, 0.1) is 17.2 Å². The third-order valence-corrected chi connectivity index (χ3v) is 5.18. The van der Waals surface area contributed by atoms with Crippen LogP contribution in [0.15, 0.2) is 48.7 Å². The fourth-order valence-corrected chi connectivity index (χ4v) is 3.55. The number of aryl methyl sites for hydroxylation is 2. The molecule has 0 saturated carbocycles. The van der Waals surface area contributed by atoms with Crippen molar-refractivity contribution in [3.8, 4) is 28.5 Å².